The van der Waals surface area contributed by atoms with E-state index in [4.69, 9.17) is 28.9 Å². The van der Waals surface area contributed by atoms with Crippen LogP contribution < -0.4 is 39.4 Å². The molecular weight excluding hydrogens is 913 g/mol. The number of anilines is 4. The van der Waals surface area contributed by atoms with Crippen molar-refractivity contribution < 1.29 is 36.5 Å². The van der Waals surface area contributed by atoms with Crippen LogP contribution in [0.25, 0.3) is 0 Å². The first kappa shape index (κ1) is 45.4. The zero-order valence-electron chi connectivity index (χ0n) is 38.8. The standard InChI is InChI=1S/2C24H27F2N7O2/c2*1-34-21-10-18(11-27-30-21)32-12-14-4-5-15(13-32)22(14)28-24-29-23-20(3-2-6-33(23)31-24)35-19-8-16(25)7-17(26)9-19/h2*7-11,14-15,20,22H,2-6,12-13H2,1H3,(H,28,31)/t2*14-,15+,20-,22?/m10/s1. The predicted molar refractivity (Wildman–Crippen MR) is 247 cm³/mol. The Labute approximate surface area is 401 Å². The molecule has 2 aliphatic carbocycles. The lowest BCUT2D eigenvalue weighted by molar-refractivity contribution is 0.154. The van der Waals surface area contributed by atoms with Gasteiger partial charge in [-0.1, -0.05) is 0 Å². The van der Waals surface area contributed by atoms with Crippen LogP contribution in [0.1, 0.15) is 75.2 Å². The summed E-state index contributed by atoms with van der Waals surface area (Å²) in [6, 6.07) is 10.8. The fourth-order valence-electron chi connectivity index (χ4n) is 11.3. The molecule has 2 N–H and O–H groups in total. The smallest absolute Gasteiger partial charge is 0.242 e. The first-order valence-corrected chi connectivity index (χ1v) is 24.0. The molecule has 70 heavy (non-hydrogen) atoms. The molecule has 2 unspecified atom stereocenters. The van der Waals surface area contributed by atoms with E-state index in [0.717, 1.165) is 101 Å². The maximum Gasteiger partial charge on any atom is 0.242 e. The van der Waals surface area contributed by atoms with Crippen LogP contribution in [0, 0.1) is 46.9 Å². The monoisotopic (exact) mass is 966 g/mol. The van der Waals surface area contributed by atoms with Crippen molar-refractivity contribution in [1.82, 2.24) is 49.9 Å². The van der Waals surface area contributed by atoms with Gasteiger partial charge in [-0.25, -0.2) is 26.9 Å². The van der Waals surface area contributed by atoms with Crippen LogP contribution in [-0.2, 0) is 13.1 Å². The summed E-state index contributed by atoms with van der Waals surface area (Å²) in [5, 5.41) is 32.6. The maximum atomic E-state index is 13.6. The highest BCUT2D eigenvalue weighted by Gasteiger charge is 2.44. The molecular formula is C48H54F4N14O4. The van der Waals surface area contributed by atoms with Crippen molar-refractivity contribution in [1.29, 1.82) is 0 Å². The van der Waals surface area contributed by atoms with Gasteiger partial charge in [-0.05, 0) is 75.0 Å². The maximum absolute atomic E-state index is 13.6. The molecule has 2 saturated heterocycles. The second-order valence-corrected chi connectivity index (χ2v) is 19.0. The number of aryl methyl sites for hydroxylation is 2. The van der Waals surface area contributed by atoms with E-state index in [1.807, 2.05) is 21.5 Å². The minimum Gasteiger partial charge on any atom is -0.482 e. The lowest BCUT2D eigenvalue weighted by Gasteiger charge is -2.39. The average Bonchev–Trinajstić information content (AvgIpc) is 4.08. The summed E-state index contributed by atoms with van der Waals surface area (Å²) >= 11 is 0. The van der Waals surface area contributed by atoms with Crippen molar-refractivity contribution >= 4 is 23.3 Å². The molecule has 0 amide bonds. The molecule has 8 atom stereocenters. The Morgan fingerprint density at radius 2 is 0.900 bits per heavy atom. The van der Waals surface area contributed by atoms with Crippen LogP contribution in [0.4, 0.5) is 40.8 Å². The Bertz CT molecular complexity index is 2560. The van der Waals surface area contributed by atoms with Crippen LogP contribution in [0.5, 0.6) is 23.3 Å². The number of halogens is 4. The number of rotatable bonds is 12. The first-order chi connectivity index (χ1) is 34.1. The van der Waals surface area contributed by atoms with Crippen LogP contribution >= 0.6 is 0 Å². The molecule has 368 valence electrons. The van der Waals surface area contributed by atoms with Crippen LogP contribution in [0.3, 0.4) is 0 Å². The number of hydrogen-bond donors (Lipinski definition) is 2. The van der Waals surface area contributed by atoms with Gasteiger partial charge >= 0.3 is 0 Å². The fourth-order valence-corrected chi connectivity index (χ4v) is 11.3. The van der Waals surface area contributed by atoms with E-state index < -0.39 is 35.5 Å². The molecule has 0 radical (unpaired) electrons. The highest BCUT2D eigenvalue weighted by atomic mass is 19.1. The third-order valence-electron chi connectivity index (χ3n) is 14.5. The zero-order valence-corrected chi connectivity index (χ0v) is 38.8. The molecule has 22 heteroatoms. The first-order valence-electron chi connectivity index (χ1n) is 24.0. The minimum atomic E-state index is -0.664. The van der Waals surface area contributed by atoms with Crippen molar-refractivity contribution in [2.75, 3.05) is 60.8 Å². The largest absolute Gasteiger partial charge is 0.482 e. The van der Waals surface area contributed by atoms with Gasteiger partial charge < -0.3 is 39.4 Å². The number of nitrogens with zero attached hydrogens (tertiary/aromatic N) is 12. The van der Waals surface area contributed by atoms with Gasteiger partial charge in [0.1, 0.15) is 34.8 Å². The quantitative estimate of drug-likeness (QED) is 0.118. The normalized spacial score (nSPS) is 25.3. The highest BCUT2D eigenvalue weighted by molar-refractivity contribution is 5.49. The lowest BCUT2D eigenvalue weighted by Crippen LogP contribution is -2.48. The Morgan fingerprint density at radius 3 is 1.27 bits per heavy atom. The molecule has 4 bridgehead atoms. The number of aromatic nitrogens is 10. The Morgan fingerprint density at radius 1 is 0.514 bits per heavy atom. The van der Waals surface area contributed by atoms with E-state index in [-0.39, 0.29) is 23.6 Å². The summed E-state index contributed by atoms with van der Waals surface area (Å²) in [7, 11) is 3.19. The van der Waals surface area contributed by atoms with E-state index in [9.17, 15) is 17.6 Å². The molecule has 4 aliphatic heterocycles. The van der Waals surface area contributed by atoms with Crippen molar-refractivity contribution in [2.24, 2.45) is 23.7 Å². The second-order valence-electron chi connectivity index (χ2n) is 19.0. The SMILES string of the molecule is COc1cc(N2C[C@H]3CC[C@@H](C2)C3Nc2nc3n(n2)CCC[C@@H]3Oc2cc(F)cc(F)c2)cnn1.COc1cc(N2C[C@H]3CC[C@@H](C2)C3Nc2nc3n(n2)CCC[C@H]3Oc2cc(F)cc(F)c2)cnn1. The molecule has 0 spiro atoms. The predicted octanol–water partition coefficient (Wildman–Crippen LogP) is 7.19. The second kappa shape index (κ2) is 19.4. The molecule has 8 heterocycles. The number of hydrogen-bond acceptors (Lipinski definition) is 16. The van der Waals surface area contributed by atoms with Gasteiger partial charge in [0.05, 0.1) is 38.0 Å². The van der Waals surface area contributed by atoms with Crippen molar-refractivity contribution in [3.8, 4) is 23.3 Å². The van der Waals surface area contributed by atoms with Crippen molar-refractivity contribution in [3.05, 3.63) is 95.8 Å². The molecule has 12 rings (SSSR count). The summed E-state index contributed by atoms with van der Waals surface area (Å²) < 4.78 is 80.5. The van der Waals surface area contributed by atoms with Gasteiger partial charge in [0.2, 0.25) is 23.7 Å². The van der Waals surface area contributed by atoms with Gasteiger partial charge in [-0.3, -0.25) is 0 Å². The summed E-state index contributed by atoms with van der Waals surface area (Å²) in [5.41, 5.74) is 2.05. The molecule has 2 aromatic carbocycles. The number of fused-ring (bicyclic) bond motifs is 6. The molecule has 6 aliphatic rings. The minimum absolute atomic E-state index is 0.158. The topological polar surface area (TPSA) is 180 Å². The number of methoxy groups -OCH3 is 2. The van der Waals surface area contributed by atoms with Crippen LogP contribution in [0.15, 0.2) is 60.9 Å². The number of ether oxygens (including phenoxy) is 4. The molecule has 6 aromatic rings. The van der Waals surface area contributed by atoms with Crippen LogP contribution in [-0.4, -0.2) is 102 Å². The number of piperidine rings is 2. The van der Waals surface area contributed by atoms with E-state index in [0.29, 0.717) is 71.8 Å². The van der Waals surface area contributed by atoms with E-state index in [1.165, 1.54) is 24.3 Å². The molecule has 4 aromatic heterocycles. The average molecular weight is 967 g/mol. The Hall–Kier alpha value is -7.00. The van der Waals surface area contributed by atoms with E-state index in [2.05, 4.69) is 51.0 Å². The van der Waals surface area contributed by atoms with Gasteiger partial charge in [0, 0.05) is 99.9 Å². The fraction of sp³-hybridized carbons (Fsp3) is 0.500. The highest BCUT2D eigenvalue weighted by Crippen LogP contribution is 2.42. The lowest BCUT2D eigenvalue weighted by atomic mass is 9.92. The third kappa shape index (κ3) is 9.63. The molecule has 2 saturated carbocycles. The number of nitrogens with one attached hydrogen (secondary N) is 2. The summed E-state index contributed by atoms with van der Waals surface area (Å²) in [5.74, 6) is 3.05. The molecule has 4 fully saturated rings. The van der Waals surface area contributed by atoms with Gasteiger partial charge in [0.25, 0.3) is 0 Å². The van der Waals surface area contributed by atoms with E-state index in [1.54, 1.807) is 26.6 Å². The summed E-state index contributed by atoms with van der Waals surface area (Å²) in [6.45, 7) is 5.12. The van der Waals surface area contributed by atoms with Crippen LogP contribution in [0.2, 0.25) is 0 Å². The van der Waals surface area contributed by atoms with Gasteiger partial charge in [-0.15, -0.1) is 20.4 Å². The Balaban J connectivity index is 0.000000152. The Kier molecular flexibility index (Phi) is 12.6. The number of benzene rings is 2. The zero-order chi connectivity index (χ0) is 47.9. The van der Waals surface area contributed by atoms with Crippen molar-refractivity contribution in [3.63, 3.8) is 0 Å². The van der Waals surface area contributed by atoms with Gasteiger partial charge in [0.15, 0.2) is 23.9 Å². The van der Waals surface area contributed by atoms with Gasteiger partial charge in [-0.2, -0.15) is 20.2 Å². The molecule has 18 nitrogen and oxygen atoms in total. The van der Waals surface area contributed by atoms with E-state index >= 15 is 0 Å². The summed E-state index contributed by atoms with van der Waals surface area (Å²) in [4.78, 5) is 14.2. The summed E-state index contributed by atoms with van der Waals surface area (Å²) in [6.07, 6.45) is 10.4. The third-order valence-corrected chi connectivity index (χ3v) is 14.5. The van der Waals surface area contributed by atoms with Crippen molar-refractivity contribution in [2.45, 2.75) is 88.7 Å².